The van der Waals surface area contributed by atoms with Crippen molar-refractivity contribution in [3.8, 4) is 0 Å². The summed E-state index contributed by atoms with van der Waals surface area (Å²) in [5, 5.41) is -0.0996. The minimum absolute atomic E-state index is 0.0996. The molecule has 0 saturated carbocycles. The molecule has 1 atom stereocenters. The van der Waals surface area contributed by atoms with Crippen LogP contribution in [0.1, 0.15) is 43.3 Å². The van der Waals surface area contributed by atoms with Gasteiger partial charge in [0, 0.05) is 15.3 Å². The summed E-state index contributed by atoms with van der Waals surface area (Å²) in [6, 6.07) is 2.18. The molecule has 1 nitrogen and oxygen atoms in total. The van der Waals surface area contributed by atoms with E-state index in [1.807, 2.05) is 13.8 Å². The maximum absolute atomic E-state index is 6.62. The summed E-state index contributed by atoms with van der Waals surface area (Å²) >= 11 is 8.42. The number of hydrogen-bond donors (Lipinski definition) is 0. The highest BCUT2D eigenvalue weighted by atomic mass is 35.5. The predicted molar refractivity (Wildman–Crippen MR) is 74.4 cm³/mol. The molecule has 2 aromatic rings. The Morgan fingerprint density at radius 1 is 1.12 bits per heavy atom. The average molecular weight is 269 g/mol. The number of hydrogen-bond acceptors (Lipinski definition) is 2. The Morgan fingerprint density at radius 3 is 2.18 bits per heavy atom. The first-order chi connectivity index (χ1) is 7.91. The van der Waals surface area contributed by atoms with E-state index in [0.29, 0.717) is 0 Å². The van der Waals surface area contributed by atoms with Crippen molar-refractivity contribution in [1.29, 1.82) is 0 Å². The molecule has 92 valence electrons. The lowest BCUT2D eigenvalue weighted by molar-refractivity contribution is 0.500. The number of rotatable bonds is 2. The summed E-state index contributed by atoms with van der Waals surface area (Å²) in [4.78, 5) is 2.60. The molecule has 0 bridgehead atoms. The third kappa shape index (κ3) is 2.16. The van der Waals surface area contributed by atoms with Crippen LogP contribution >= 0.6 is 22.9 Å². The zero-order valence-corrected chi connectivity index (χ0v) is 12.4. The second-order valence-corrected chi connectivity index (χ2v) is 6.38. The van der Waals surface area contributed by atoms with Crippen LogP contribution in [0.25, 0.3) is 0 Å². The van der Waals surface area contributed by atoms with E-state index in [-0.39, 0.29) is 5.38 Å². The van der Waals surface area contributed by atoms with Gasteiger partial charge in [0.25, 0.3) is 0 Å². The van der Waals surface area contributed by atoms with Crippen LogP contribution < -0.4 is 0 Å². The van der Waals surface area contributed by atoms with Crippen LogP contribution in [0.4, 0.5) is 0 Å². The quantitative estimate of drug-likeness (QED) is 0.682. The van der Waals surface area contributed by atoms with E-state index in [1.54, 1.807) is 11.3 Å². The molecule has 0 fully saturated rings. The van der Waals surface area contributed by atoms with Crippen LogP contribution in [0.5, 0.6) is 0 Å². The molecule has 0 aromatic carbocycles. The van der Waals surface area contributed by atoms with Gasteiger partial charge in [-0.1, -0.05) is 0 Å². The summed E-state index contributed by atoms with van der Waals surface area (Å²) < 4.78 is 5.65. The van der Waals surface area contributed by atoms with Crippen molar-refractivity contribution < 1.29 is 4.42 Å². The Morgan fingerprint density at radius 2 is 1.76 bits per heavy atom. The van der Waals surface area contributed by atoms with Gasteiger partial charge in [-0.3, -0.25) is 0 Å². The summed E-state index contributed by atoms with van der Waals surface area (Å²) in [5.41, 5.74) is 3.51. The number of halogens is 1. The largest absolute Gasteiger partial charge is 0.466 e. The van der Waals surface area contributed by atoms with Crippen molar-refractivity contribution in [3.63, 3.8) is 0 Å². The smallest absolute Gasteiger partial charge is 0.106 e. The first-order valence-electron chi connectivity index (χ1n) is 5.69. The second kappa shape index (κ2) is 4.51. The van der Waals surface area contributed by atoms with E-state index in [1.165, 1.54) is 20.9 Å². The highest BCUT2D eigenvalue weighted by Crippen LogP contribution is 2.39. The number of furan rings is 1. The highest BCUT2D eigenvalue weighted by Gasteiger charge is 2.22. The van der Waals surface area contributed by atoms with Gasteiger partial charge < -0.3 is 4.42 Å². The van der Waals surface area contributed by atoms with E-state index >= 15 is 0 Å². The molecule has 0 aliphatic carbocycles. The Hall–Kier alpha value is -0.730. The fraction of sp³-hybridized carbons (Fsp3) is 0.429. The van der Waals surface area contributed by atoms with Crippen molar-refractivity contribution >= 4 is 22.9 Å². The fourth-order valence-electron chi connectivity index (χ4n) is 2.24. The van der Waals surface area contributed by atoms with Crippen LogP contribution in [0.15, 0.2) is 10.5 Å². The van der Waals surface area contributed by atoms with Gasteiger partial charge in [0.2, 0.25) is 0 Å². The minimum atomic E-state index is -0.0996. The van der Waals surface area contributed by atoms with Crippen molar-refractivity contribution in [2.24, 2.45) is 0 Å². The summed E-state index contributed by atoms with van der Waals surface area (Å²) in [6.45, 7) is 10.3. The highest BCUT2D eigenvalue weighted by molar-refractivity contribution is 7.12. The van der Waals surface area contributed by atoms with Gasteiger partial charge in [-0.2, -0.15) is 0 Å². The van der Waals surface area contributed by atoms with Crippen LogP contribution in [-0.4, -0.2) is 0 Å². The van der Waals surface area contributed by atoms with Gasteiger partial charge >= 0.3 is 0 Å². The van der Waals surface area contributed by atoms with Gasteiger partial charge in [-0.15, -0.1) is 22.9 Å². The topological polar surface area (TPSA) is 13.1 Å². The Bertz CT molecular complexity index is 551. The summed E-state index contributed by atoms with van der Waals surface area (Å²) in [7, 11) is 0. The third-order valence-corrected chi connectivity index (χ3v) is 4.66. The Labute approximate surface area is 111 Å². The number of alkyl halides is 1. The molecule has 0 radical (unpaired) electrons. The first kappa shape index (κ1) is 12.7. The normalized spacial score (nSPS) is 13.1. The van der Waals surface area contributed by atoms with Crippen molar-refractivity contribution in [3.05, 3.63) is 44.0 Å². The molecular weight excluding hydrogens is 252 g/mol. The van der Waals surface area contributed by atoms with Crippen molar-refractivity contribution in [2.75, 3.05) is 0 Å². The molecular formula is C14H17ClOS. The molecule has 2 heterocycles. The van der Waals surface area contributed by atoms with Gasteiger partial charge in [-0.05, 0) is 51.8 Å². The zero-order chi connectivity index (χ0) is 12.7. The minimum Gasteiger partial charge on any atom is -0.466 e. The van der Waals surface area contributed by atoms with E-state index in [9.17, 15) is 0 Å². The van der Waals surface area contributed by atoms with E-state index in [2.05, 4.69) is 26.8 Å². The molecule has 0 aliphatic rings. The van der Waals surface area contributed by atoms with Crippen LogP contribution in [-0.2, 0) is 0 Å². The molecule has 0 amide bonds. The molecule has 0 aliphatic heterocycles. The second-order valence-electron chi connectivity index (χ2n) is 4.48. The Balaban J connectivity index is 2.50. The molecule has 3 heteroatoms. The summed E-state index contributed by atoms with van der Waals surface area (Å²) in [6.07, 6.45) is 0. The molecule has 2 rings (SSSR count). The van der Waals surface area contributed by atoms with Gasteiger partial charge in [0.15, 0.2) is 0 Å². The molecule has 2 aromatic heterocycles. The van der Waals surface area contributed by atoms with Crippen LogP contribution in [0, 0.1) is 34.6 Å². The molecule has 17 heavy (non-hydrogen) atoms. The van der Waals surface area contributed by atoms with Crippen molar-refractivity contribution in [1.82, 2.24) is 0 Å². The van der Waals surface area contributed by atoms with Gasteiger partial charge in [0.05, 0.1) is 5.38 Å². The fourth-order valence-corrected chi connectivity index (χ4v) is 3.81. The Kier molecular flexibility index (Phi) is 3.37. The zero-order valence-electron chi connectivity index (χ0n) is 10.8. The monoisotopic (exact) mass is 268 g/mol. The summed E-state index contributed by atoms with van der Waals surface area (Å²) in [5.74, 6) is 1.90. The molecule has 1 unspecified atom stereocenters. The lowest BCUT2D eigenvalue weighted by atomic mass is 10.0. The maximum atomic E-state index is 6.62. The maximum Gasteiger partial charge on any atom is 0.106 e. The average Bonchev–Trinajstić information content (AvgIpc) is 2.68. The van der Waals surface area contributed by atoms with E-state index in [0.717, 1.165) is 17.1 Å². The molecule has 0 saturated heterocycles. The van der Waals surface area contributed by atoms with Crippen LogP contribution in [0.2, 0.25) is 0 Å². The lowest BCUT2D eigenvalue weighted by Gasteiger charge is -2.09. The van der Waals surface area contributed by atoms with E-state index in [4.69, 9.17) is 16.0 Å². The molecule has 0 spiro atoms. The number of thiophene rings is 1. The first-order valence-corrected chi connectivity index (χ1v) is 6.94. The van der Waals surface area contributed by atoms with Gasteiger partial charge in [-0.25, -0.2) is 0 Å². The van der Waals surface area contributed by atoms with Crippen LogP contribution in [0.3, 0.4) is 0 Å². The van der Waals surface area contributed by atoms with Gasteiger partial charge in [0.1, 0.15) is 11.5 Å². The number of aryl methyl sites for hydroxylation is 4. The standard InChI is InChI=1S/C14H17ClOS/c1-7-6-12(11(5)17-7)14(15)13-8(2)9(3)16-10(13)4/h6,14H,1-5H3. The van der Waals surface area contributed by atoms with Crippen molar-refractivity contribution in [2.45, 2.75) is 40.0 Å². The predicted octanol–water partition coefficient (Wildman–Crippen LogP) is 5.21. The lowest BCUT2D eigenvalue weighted by Crippen LogP contribution is -1.96. The third-order valence-electron chi connectivity index (χ3n) is 3.22. The molecule has 0 N–H and O–H groups in total. The van der Waals surface area contributed by atoms with E-state index < -0.39 is 0 Å². The SMILES string of the molecule is Cc1cc(C(Cl)c2c(C)oc(C)c2C)c(C)s1.